The third-order valence-corrected chi connectivity index (χ3v) is 12.4. The second-order valence-corrected chi connectivity index (χ2v) is 16.0. The van der Waals surface area contributed by atoms with Crippen LogP contribution in [-0.2, 0) is 0 Å². The van der Waals surface area contributed by atoms with E-state index in [2.05, 4.69) is 177 Å². The van der Waals surface area contributed by atoms with E-state index in [1.54, 1.807) is 0 Å². The lowest BCUT2D eigenvalue weighted by molar-refractivity contribution is 0.668. The number of hydrogen-bond acceptors (Lipinski definition) is 4. The summed E-state index contributed by atoms with van der Waals surface area (Å²) in [4.78, 5) is 11.1. The summed E-state index contributed by atoms with van der Waals surface area (Å²) < 4.78 is 12.9. The number of furan rings is 2. The van der Waals surface area contributed by atoms with E-state index in [1.165, 1.54) is 21.9 Å². The minimum absolute atomic E-state index is 0.687. The first-order valence-electron chi connectivity index (χ1n) is 20.9. The zero-order valence-electron chi connectivity index (χ0n) is 33.5. The van der Waals surface area contributed by atoms with Gasteiger partial charge in [0, 0.05) is 32.7 Å². The smallest absolute Gasteiger partial charge is 0.160 e. The molecule has 1 aliphatic rings. The lowest BCUT2D eigenvalue weighted by Gasteiger charge is -2.18. The maximum Gasteiger partial charge on any atom is 0.160 e. The number of amidine groups is 1. The van der Waals surface area contributed by atoms with E-state index >= 15 is 0 Å². The Kier molecular flexibility index (Phi) is 8.17. The average molecular weight is 783 g/mol. The minimum Gasteiger partial charge on any atom is -0.456 e. The predicted molar refractivity (Wildman–Crippen MR) is 255 cm³/mol. The fourth-order valence-corrected chi connectivity index (χ4v) is 9.38. The molecule has 0 unspecified atom stereocenters. The first kappa shape index (κ1) is 35.2. The van der Waals surface area contributed by atoms with Crippen LogP contribution in [-0.4, -0.2) is 11.5 Å². The molecule has 2 aromatic heterocycles. The van der Waals surface area contributed by atoms with E-state index in [-0.39, 0.29) is 0 Å². The molecule has 12 rings (SSSR count). The summed E-state index contributed by atoms with van der Waals surface area (Å²) in [5.74, 6) is 0.687. The molecule has 0 fully saturated rings. The molecule has 9 aromatic carbocycles. The number of hydrogen-bond donors (Lipinski definition) is 0. The summed E-state index contributed by atoms with van der Waals surface area (Å²) in [6.07, 6.45) is 1.62. The van der Waals surface area contributed by atoms with Gasteiger partial charge in [0.2, 0.25) is 0 Å². The van der Waals surface area contributed by atoms with Crippen molar-refractivity contribution in [3.63, 3.8) is 0 Å². The van der Waals surface area contributed by atoms with E-state index in [4.69, 9.17) is 18.8 Å². The molecule has 288 valence electrons. The van der Waals surface area contributed by atoms with Gasteiger partial charge in [-0.15, -0.1) is 0 Å². The quantitative estimate of drug-likeness (QED) is 0.175. The summed E-state index contributed by atoms with van der Waals surface area (Å²) in [6, 6.07) is 66.4. The van der Waals surface area contributed by atoms with Crippen molar-refractivity contribution in [2.45, 2.75) is 19.8 Å². The second kappa shape index (κ2) is 14.2. The zero-order valence-corrected chi connectivity index (χ0v) is 33.5. The highest BCUT2D eigenvalue weighted by Crippen LogP contribution is 2.43. The van der Waals surface area contributed by atoms with E-state index in [0.717, 1.165) is 112 Å². The van der Waals surface area contributed by atoms with Gasteiger partial charge in [0.25, 0.3) is 0 Å². The molecule has 0 spiro atoms. The summed E-state index contributed by atoms with van der Waals surface area (Å²) >= 11 is 0. The molecule has 0 saturated carbocycles. The topological polar surface area (TPSA) is 51.0 Å². The SMILES string of the molecule is C/C1=C(c2cccc3oc4ccccc4c23)/N=C(c2ccc(-c3cccc4oc5ccc(-c6ccc7ccccc7c6)cc5c34)c3ccccc23)\N=C(\c2ccccc2)CC1. The molecule has 61 heavy (non-hydrogen) atoms. The highest BCUT2D eigenvalue weighted by atomic mass is 16.3. The van der Waals surface area contributed by atoms with Crippen molar-refractivity contribution in [3.05, 3.63) is 210 Å². The Balaban J connectivity index is 1.06. The van der Waals surface area contributed by atoms with Crippen LogP contribution in [0.1, 0.15) is 36.5 Å². The molecular formula is C57H38N2O2. The van der Waals surface area contributed by atoms with E-state index in [1.807, 2.05) is 18.2 Å². The Morgan fingerprint density at radius 2 is 0.984 bits per heavy atom. The summed E-state index contributed by atoms with van der Waals surface area (Å²) in [5, 5.41) is 9.03. The number of fused-ring (bicyclic) bond motifs is 8. The van der Waals surface area contributed by atoms with Crippen molar-refractivity contribution in [2.24, 2.45) is 9.98 Å². The first-order chi connectivity index (χ1) is 30.1. The summed E-state index contributed by atoms with van der Waals surface area (Å²) in [6.45, 7) is 2.22. The number of allylic oxidation sites excluding steroid dienone is 1. The molecule has 0 amide bonds. The number of nitrogens with zero attached hydrogens (tertiary/aromatic N) is 2. The fraction of sp³-hybridized carbons (Fsp3) is 0.0526. The second-order valence-electron chi connectivity index (χ2n) is 16.0. The highest BCUT2D eigenvalue weighted by Gasteiger charge is 2.22. The molecule has 11 aromatic rings. The molecule has 0 radical (unpaired) electrons. The largest absolute Gasteiger partial charge is 0.456 e. The van der Waals surface area contributed by atoms with Crippen LogP contribution in [0.2, 0.25) is 0 Å². The number of rotatable bonds is 5. The van der Waals surface area contributed by atoms with Crippen LogP contribution in [0, 0.1) is 0 Å². The van der Waals surface area contributed by atoms with Crippen molar-refractivity contribution in [1.82, 2.24) is 0 Å². The van der Waals surface area contributed by atoms with Gasteiger partial charge in [-0.1, -0.05) is 146 Å². The molecule has 0 aliphatic carbocycles. The monoisotopic (exact) mass is 782 g/mol. The average Bonchev–Trinajstić information content (AvgIpc) is 3.89. The maximum absolute atomic E-state index is 6.55. The van der Waals surface area contributed by atoms with Crippen LogP contribution in [0.4, 0.5) is 0 Å². The van der Waals surface area contributed by atoms with Crippen LogP contribution in [0.25, 0.3) is 93.4 Å². The highest BCUT2D eigenvalue weighted by molar-refractivity contribution is 6.22. The van der Waals surface area contributed by atoms with Crippen LogP contribution in [0.5, 0.6) is 0 Å². The van der Waals surface area contributed by atoms with Gasteiger partial charge in [0.15, 0.2) is 5.84 Å². The van der Waals surface area contributed by atoms with Crippen molar-refractivity contribution in [2.75, 3.05) is 0 Å². The summed E-state index contributed by atoms with van der Waals surface area (Å²) in [7, 11) is 0. The number of aliphatic imine (C=N–C) groups is 2. The summed E-state index contributed by atoms with van der Waals surface area (Å²) in [5.41, 5.74) is 14.4. The molecule has 0 N–H and O–H groups in total. The predicted octanol–water partition coefficient (Wildman–Crippen LogP) is 15.6. The van der Waals surface area contributed by atoms with Gasteiger partial charge in [-0.05, 0) is 117 Å². The van der Waals surface area contributed by atoms with E-state index in [9.17, 15) is 0 Å². The Bertz CT molecular complexity index is 3660. The Hall–Kier alpha value is -7.82. The van der Waals surface area contributed by atoms with Gasteiger partial charge in [0.1, 0.15) is 22.3 Å². The van der Waals surface area contributed by atoms with E-state index < -0.39 is 0 Å². The molecule has 0 saturated heterocycles. The molecule has 4 heteroatoms. The van der Waals surface area contributed by atoms with Crippen LogP contribution >= 0.6 is 0 Å². The Labute approximate surface area is 352 Å². The standard InChI is InChI=1S/C57H38N2O2/c1-35-25-31-49(37-14-3-2-4-15-37)58-57(59-56(35)47-21-12-24-53-55(47)46-19-9-10-22-50(46)60-53)45-30-29-43(41-17-7-8-18-42(41)45)44-20-11-23-52-54(44)48-34-40(28-32-51(48)61-52)39-27-26-36-13-5-6-16-38(36)33-39/h2-24,26-30,32-34H,25,31H2,1H3/b56-35-,58-49+,59-57-. The van der Waals surface area contributed by atoms with Crippen molar-refractivity contribution < 1.29 is 8.83 Å². The van der Waals surface area contributed by atoms with Gasteiger partial charge >= 0.3 is 0 Å². The third-order valence-electron chi connectivity index (χ3n) is 12.4. The van der Waals surface area contributed by atoms with Gasteiger partial charge in [-0.2, -0.15) is 0 Å². The zero-order chi connectivity index (χ0) is 40.4. The Morgan fingerprint density at radius 1 is 0.377 bits per heavy atom. The lowest BCUT2D eigenvalue weighted by Crippen LogP contribution is -2.11. The van der Waals surface area contributed by atoms with Crippen molar-refractivity contribution in [3.8, 4) is 22.3 Å². The fourth-order valence-electron chi connectivity index (χ4n) is 9.38. The van der Waals surface area contributed by atoms with Gasteiger partial charge in [-0.3, -0.25) is 0 Å². The normalized spacial score (nSPS) is 16.5. The third kappa shape index (κ3) is 5.90. The van der Waals surface area contributed by atoms with E-state index in [0.29, 0.717) is 5.84 Å². The minimum atomic E-state index is 0.687. The molecular weight excluding hydrogens is 745 g/mol. The van der Waals surface area contributed by atoms with Gasteiger partial charge in [0.05, 0.1) is 11.4 Å². The van der Waals surface area contributed by atoms with Crippen molar-refractivity contribution >= 4 is 82.7 Å². The Morgan fingerprint density at radius 3 is 1.80 bits per heavy atom. The first-order valence-corrected chi connectivity index (χ1v) is 20.9. The molecule has 0 bridgehead atoms. The van der Waals surface area contributed by atoms with Crippen LogP contribution < -0.4 is 0 Å². The maximum atomic E-state index is 6.55. The van der Waals surface area contributed by atoms with Gasteiger partial charge in [-0.25, -0.2) is 9.98 Å². The molecule has 4 nitrogen and oxygen atoms in total. The van der Waals surface area contributed by atoms with Crippen molar-refractivity contribution in [1.29, 1.82) is 0 Å². The lowest BCUT2D eigenvalue weighted by atomic mass is 9.91. The molecule has 0 atom stereocenters. The molecule has 1 aliphatic heterocycles. The number of para-hydroxylation sites is 1. The number of benzene rings is 9. The van der Waals surface area contributed by atoms with Gasteiger partial charge < -0.3 is 8.83 Å². The van der Waals surface area contributed by atoms with Crippen LogP contribution in [0.3, 0.4) is 0 Å². The van der Waals surface area contributed by atoms with Crippen LogP contribution in [0.15, 0.2) is 212 Å². The molecule has 3 heterocycles.